The predicted octanol–water partition coefficient (Wildman–Crippen LogP) is 4.69. The van der Waals surface area contributed by atoms with Crippen molar-refractivity contribution in [2.45, 2.75) is 18.1 Å². The number of rotatable bonds is 11. The third-order valence-electron chi connectivity index (χ3n) is 5.48. The minimum atomic E-state index is -4.91. The number of sulfonamides is 1. The van der Waals surface area contributed by atoms with Crippen LogP contribution in [0.4, 0.5) is 30.5 Å². The number of benzene rings is 2. The van der Waals surface area contributed by atoms with E-state index in [2.05, 4.69) is 25.5 Å². The van der Waals surface area contributed by atoms with Crippen LogP contribution in [0, 0.1) is 5.82 Å². The van der Waals surface area contributed by atoms with Crippen LogP contribution >= 0.6 is 0 Å². The van der Waals surface area contributed by atoms with Crippen LogP contribution in [0.15, 0.2) is 67.1 Å². The van der Waals surface area contributed by atoms with Gasteiger partial charge in [-0.25, -0.2) is 17.8 Å². The monoisotopic (exact) mass is 532 g/mol. The number of ether oxygens (including phenoxy) is 1. The molecule has 13 heteroatoms. The largest absolute Gasteiger partial charge is 0.384 e. The molecule has 0 bridgehead atoms. The summed E-state index contributed by atoms with van der Waals surface area (Å²) in [6.45, 7) is 0.229. The number of anilines is 3. The zero-order chi connectivity index (χ0) is 26.4. The number of alkyl halides is 2. The summed E-state index contributed by atoms with van der Waals surface area (Å²) in [5.74, 6) is -3.37. The van der Waals surface area contributed by atoms with E-state index in [1.54, 1.807) is 30.3 Å². The molecule has 0 aliphatic carbocycles. The lowest BCUT2D eigenvalue weighted by Gasteiger charge is -2.20. The summed E-state index contributed by atoms with van der Waals surface area (Å²) in [6, 6.07) is 12.2. The number of hydrogen-bond acceptors (Lipinski definition) is 7. The Morgan fingerprint density at radius 3 is 2.51 bits per heavy atom. The first-order valence-electron chi connectivity index (χ1n) is 11.0. The van der Waals surface area contributed by atoms with Gasteiger partial charge in [-0.15, -0.1) is 0 Å². The fraction of sp³-hybridized carbons (Fsp3) is 0.208. The second-order valence-corrected chi connectivity index (χ2v) is 9.72. The quantitative estimate of drug-likeness (QED) is 0.256. The Kier molecular flexibility index (Phi) is 8.04. The maximum atomic E-state index is 13.5. The summed E-state index contributed by atoms with van der Waals surface area (Å²) in [5.41, 5.74) is 2.40. The van der Waals surface area contributed by atoms with E-state index in [0.717, 1.165) is 5.56 Å². The molecular formula is C24H23F3N6O3S. The van der Waals surface area contributed by atoms with E-state index in [1.165, 1.54) is 43.9 Å². The van der Waals surface area contributed by atoms with Gasteiger partial charge in [0.1, 0.15) is 11.6 Å². The fourth-order valence-corrected chi connectivity index (χ4v) is 4.33. The van der Waals surface area contributed by atoms with Crippen molar-refractivity contribution in [2.24, 2.45) is 0 Å². The van der Waals surface area contributed by atoms with Crippen LogP contribution in [0.25, 0.3) is 11.3 Å². The zero-order valence-electron chi connectivity index (χ0n) is 19.5. The minimum Gasteiger partial charge on any atom is -0.384 e. The molecule has 37 heavy (non-hydrogen) atoms. The van der Waals surface area contributed by atoms with Gasteiger partial charge in [-0.1, -0.05) is 18.2 Å². The van der Waals surface area contributed by atoms with Crippen molar-refractivity contribution < 1.29 is 26.3 Å². The fourth-order valence-electron chi connectivity index (χ4n) is 3.73. The van der Waals surface area contributed by atoms with Crippen LogP contribution in [-0.2, 0) is 21.2 Å². The molecule has 0 spiro atoms. The summed E-state index contributed by atoms with van der Waals surface area (Å²) in [6.07, 6.45) is 4.81. The van der Waals surface area contributed by atoms with Gasteiger partial charge in [0.05, 0.1) is 24.2 Å². The lowest BCUT2D eigenvalue weighted by atomic mass is 9.91. The van der Waals surface area contributed by atoms with Gasteiger partial charge in [-0.3, -0.25) is 14.8 Å². The van der Waals surface area contributed by atoms with Crippen molar-refractivity contribution in [3.63, 3.8) is 0 Å². The smallest absolute Gasteiger partial charge is 0.355 e. The summed E-state index contributed by atoms with van der Waals surface area (Å²) in [7, 11) is -3.40. The Morgan fingerprint density at radius 2 is 1.84 bits per heavy atom. The summed E-state index contributed by atoms with van der Waals surface area (Å²) >= 11 is 0. The lowest BCUT2D eigenvalue weighted by molar-refractivity contribution is 0.179. The van der Waals surface area contributed by atoms with Crippen molar-refractivity contribution in [3.8, 4) is 11.3 Å². The van der Waals surface area contributed by atoms with Crippen LogP contribution in [0.3, 0.4) is 0 Å². The topological polar surface area (TPSA) is 122 Å². The van der Waals surface area contributed by atoms with E-state index in [4.69, 9.17) is 4.74 Å². The van der Waals surface area contributed by atoms with Gasteiger partial charge in [0, 0.05) is 37.1 Å². The van der Waals surface area contributed by atoms with Gasteiger partial charge in [0.15, 0.2) is 5.82 Å². The van der Waals surface area contributed by atoms with Gasteiger partial charge in [0.25, 0.3) is 10.0 Å². The first kappa shape index (κ1) is 26.1. The average molecular weight is 533 g/mol. The number of nitrogens with one attached hydrogen (secondary N) is 3. The molecule has 0 radical (unpaired) electrons. The molecule has 2 aromatic carbocycles. The van der Waals surface area contributed by atoms with Crippen LogP contribution in [-0.4, -0.2) is 48.1 Å². The highest BCUT2D eigenvalue weighted by Crippen LogP contribution is 2.31. The van der Waals surface area contributed by atoms with Crippen molar-refractivity contribution in [3.05, 3.63) is 84.1 Å². The molecule has 3 N–H and O–H groups in total. The Morgan fingerprint density at radius 1 is 1.05 bits per heavy atom. The predicted molar refractivity (Wildman–Crippen MR) is 133 cm³/mol. The van der Waals surface area contributed by atoms with Crippen molar-refractivity contribution in [2.75, 3.05) is 23.8 Å². The van der Waals surface area contributed by atoms with Gasteiger partial charge < -0.3 is 10.1 Å². The second kappa shape index (κ2) is 11.4. The van der Waals surface area contributed by atoms with Crippen LogP contribution < -0.4 is 10.0 Å². The van der Waals surface area contributed by atoms with Crippen LogP contribution in [0.5, 0.6) is 0 Å². The molecule has 2 heterocycles. The van der Waals surface area contributed by atoms with E-state index in [0.29, 0.717) is 28.5 Å². The molecule has 0 unspecified atom stereocenters. The van der Waals surface area contributed by atoms with E-state index in [9.17, 15) is 21.6 Å². The Balaban J connectivity index is 1.68. The maximum absolute atomic E-state index is 13.5. The highest BCUT2D eigenvalue weighted by Gasteiger charge is 2.26. The van der Waals surface area contributed by atoms with E-state index < -0.39 is 21.6 Å². The summed E-state index contributed by atoms with van der Waals surface area (Å²) in [5, 5.41) is 10.1. The number of aromatic nitrogens is 4. The molecule has 1 atom stereocenters. The SMILES string of the molecule is COC[C@H](Cc1cc(-c2cc(Nc3cnccn3)n[nH]2)ccc1NS(=O)(=O)C(F)F)c1ccc(F)cc1. The number of hydrogen-bond donors (Lipinski definition) is 3. The van der Waals surface area contributed by atoms with E-state index in [-0.39, 0.29) is 24.6 Å². The molecule has 0 saturated heterocycles. The van der Waals surface area contributed by atoms with Gasteiger partial charge >= 0.3 is 5.76 Å². The number of aromatic amines is 1. The molecular weight excluding hydrogens is 509 g/mol. The molecule has 0 aliphatic heterocycles. The van der Waals surface area contributed by atoms with Crippen molar-refractivity contribution in [1.82, 2.24) is 20.2 Å². The maximum Gasteiger partial charge on any atom is 0.355 e. The van der Waals surface area contributed by atoms with E-state index >= 15 is 0 Å². The summed E-state index contributed by atoms with van der Waals surface area (Å²) < 4.78 is 70.9. The third kappa shape index (κ3) is 6.62. The van der Waals surface area contributed by atoms with Gasteiger partial charge in [0.2, 0.25) is 0 Å². The minimum absolute atomic E-state index is 0.00434. The molecule has 4 rings (SSSR count). The van der Waals surface area contributed by atoms with E-state index in [1.807, 2.05) is 4.72 Å². The first-order valence-corrected chi connectivity index (χ1v) is 12.6. The van der Waals surface area contributed by atoms with Crippen molar-refractivity contribution in [1.29, 1.82) is 0 Å². The highest BCUT2D eigenvalue weighted by atomic mass is 32.2. The molecule has 2 aromatic heterocycles. The molecule has 0 saturated carbocycles. The second-order valence-electron chi connectivity index (χ2n) is 8.07. The lowest BCUT2D eigenvalue weighted by Crippen LogP contribution is -2.22. The molecule has 0 amide bonds. The summed E-state index contributed by atoms with van der Waals surface area (Å²) in [4.78, 5) is 8.10. The standard InChI is InChI=1S/C24H23F3N6O3S/c1-36-14-18(15-2-5-19(25)6-3-15)11-17-10-16(4-7-20(17)33-37(34,35)24(26)27)21-12-22(32-31-21)30-23-13-28-8-9-29-23/h2-10,12-13,18,24,33H,11,14H2,1H3,(H2,29,30,31,32)/t18-/m0/s1. The normalized spacial score (nSPS) is 12.5. The number of nitrogens with zero attached hydrogens (tertiary/aromatic N) is 3. The molecule has 4 aromatic rings. The molecule has 9 nitrogen and oxygen atoms in total. The Hall–Kier alpha value is -3.97. The third-order valence-corrected chi connectivity index (χ3v) is 6.45. The molecule has 0 aliphatic rings. The average Bonchev–Trinajstić information content (AvgIpc) is 3.34. The molecule has 194 valence electrons. The van der Waals surface area contributed by atoms with Crippen LogP contribution in [0.2, 0.25) is 0 Å². The Labute approximate surface area is 211 Å². The number of H-pyrrole nitrogens is 1. The Bertz CT molecular complexity index is 1430. The molecule has 0 fully saturated rings. The van der Waals surface area contributed by atoms with Crippen molar-refractivity contribution >= 4 is 27.3 Å². The zero-order valence-corrected chi connectivity index (χ0v) is 20.3. The number of halogens is 3. The number of methoxy groups -OCH3 is 1. The van der Waals surface area contributed by atoms with Crippen LogP contribution in [0.1, 0.15) is 17.0 Å². The van der Waals surface area contributed by atoms with Gasteiger partial charge in [-0.05, 0) is 41.8 Å². The first-order chi connectivity index (χ1) is 17.7. The van der Waals surface area contributed by atoms with Gasteiger partial charge in [-0.2, -0.15) is 13.9 Å². The highest BCUT2D eigenvalue weighted by molar-refractivity contribution is 7.93.